The lowest BCUT2D eigenvalue weighted by Crippen LogP contribution is -2.02. The van der Waals surface area contributed by atoms with Gasteiger partial charge in [-0.2, -0.15) is 10.4 Å². The second-order valence-electron chi connectivity index (χ2n) is 7.92. The molecule has 4 aromatic rings. The van der Waals surface area contributed by atoms with Crippen LogP contribution < -0.4 is 5.43 Å². The first-order valence-electron chi connectivity index (χ1n) is 10.5. The van der Waals surface area contributed by atoms with Crippen molar-refractivity contribution in [3.05, 3.63) is 75.4 Å². The van der Waals surface area contributed by atoms with E-state index in [0.29, 0.717) is 5.82 Å². The average molecular weight is 426 g/mol. The van der Waals surface area contributed by atoms with Gasteiger partial charge in [0.1, 0.15) is 16.9 Å². The lowest BCUT2D eigenvalue weighted by atomic mass is 9.96. The smallest absolute Gasteiger partial charge is 0.146 e. The van der Waals surface area contributed by atoms with E-state index < -0.39 is 0 Å². The second-order valence-corrected chi connectivity index (χ2v) is 9.01. The van der Waals surface area contributed by atoms with Crippen LogP contribution in [0.5, 0.6) is 0 Å². The van der Waals surface area contributed by atoms with E-state index in [1.807, 2.05) is 42.6 Å². The number of fused-ring (bicyclic) bond motifs is 2. The monoisotopic (exact) mass is 425 g/mol. The van der Waals surface area contributed by atoms with Gasteiger partial charge in [0.2, 0.25) is 0 Å². The number of rotatable bonds is 4. The van der Waals surface area contributed by atoms with Crippen LogP contribution >= 0.6 is 11.3 Å². The molecule has 0 spiro atoms. The fourth-order valence-electron chi connectivity index (χ4n) is 4.35. The molecule has 0 unspecified atom stereocenters. The van der Waals surface area contributed by atoms with E-state index in [1.54, 1.807) is 11.3 Å². The number of thiophene rings is 1. The lowest BCUT2D eigenvalue weighted by Gasteiger charge is -2.10. The maximum Gasteiger partial charge on any atom is 0.146 e. The average Bonchev–Trinajstić information content (AvgIpc) is 3.29. The number of nitriles is 1. The van der Waals surface area contributed by atoms with Crippen molar-refractivity contribution in [2.24, 2.45) is 5.10 Å². The molecule has 1 aliphatic carbocycles. The summed E-state index contributed by atoms with van der Waals surface area (Å²) in [5, 5.41) is 16.4. The summed E-state index contributed by atoms with van der Waals surface area (Å²) in [6.45, 7) is 4.17. The molecule has 1 aromatic carbocycles. The third-order valence-electron chi connectivity index (χ3n) is 5.92. The Bertz CT molecular complexity index is 1350. The number of hydrazone groups is 1. The highest BCUT2D eigenvalue weighted by Crippen LogP contribution is 2.38. The van der Waals surface area contributed by atoms with Crippen LogP contribution in [0.1, 0.15) is 45.8 Å². The zero-order chi connectivity index (χ0) is 21.4. The van der Waals surface area contributed by atoms with Gasteiger partial charge >= 0.3 is 0 Å². The maximum absolute atomic E-state index is 9.86. The maximum atomic E-state index is 9.86. The third kappa shape index (κ3) is 3.51. The number of hydrogen-bond acceptors (Lipinski definition) is 5. The first-order valence-corrected chi connectivity index (χ1v) is 11.4. The molecule has 1 aliphatic rings. The summed E-state index contributed by atoms with van der Waals surface area (Å²) in [6.07, 6.45) is 6.33. The molecule has 0 saturated heterocycles. The van der Waals surface area contributed by atoms with Gasteiger partial charge in [-0.25, -0.2) is 4.98 Å². The number of aromatic nitrogens is 2. The van der Waals surface area contributed by atoms with Gasteiger partial charge in [-0.15, -0.1) is 11.3 Å². The SMILES string of the molecule is Cc1cc(/C=N/Nc2ccc3ccccc3n2)c(C)n1-c1sc2c(c1C#N)CCCC2. The molecule has 3 aromatic heterocycles. The van der Waals surface area contributed by atoms with Gasteiger partial charge in [-0.3, -0.25) is 5.43 Å². The zero-order valence-electron chi connectivity index (χ0n) is 17.6. The van der Waals surface area contributed by atoms with Gasteiger partial charge < -0.3 is 4.57 Å². The van der Waals surface area contributed by atoms with Gasteiger partial charge in [-0.05, 0) is 69.4 Å². The fourth-order valence-corrected chi connectivity index (χ4v) is 5.80. The molecule has 6 heteroatoms. The van der Waals surface area contributed by atoms with Crippen LogP contribution in [0.4, 0.5) is 5.82 Å². The molecule has 3 heterocycles. The van der Waals surface area contributed by atoms with Crippen molar-refractivity contribution in [3.63, 3.8) is 0 Å². The van der Waals surface area contributed by atoms with Crippen molar-refractivity contribution in [1.82, 2.24) is 9.55 Å². The van der Waals surface area contributed by atoms with Gasteiger partial charge in [0.25, 0.3) is 0 Å². The Kier molecular flexibility index (Phi) is 5.05. The second kappa shape index (κ2) is 8.01. The largest absolute Gasteiger partial charge is 0.308 e. The highest BCUT2D eigenvalue weighted by Gasteiger charge is 2.23. The molecule has 0 fully saturated rings. The van der Waals surface area contributed by atoms with Crippen LogP contribution in [0.15, 0.2) is 47.6 Å². The van der Waals surface area contributed by atoms with Gasteiger partial charge in [-0.1, -0.05) is 18.2 Å². The lowest BCUT2D eigenvalue weighted by molar-refractivity contribution is 0.695. The number of anilines is 1. The minimum atomic E-state index is 0.710. The zero-order valence-corrected chi connectivity index (χ0v) is 18.5. The number of pyridine rings is 1. The van der Waals surface area contributed by atoms with Crippen LogP contribution in [-0.2, 0) is 12.8 Å². The van der Waals surface area contributed by atoms with Crippen molar-refractivity contribution in [3.8, 4) is 11.1 Å². The summed E-state index contributed by atoms with van der Waals surface area (Å²) in [7, 11) is 0. The number of hydrogen-bond donors (Lipinski definition) is 1. The number of para-hydroxylation sites is 1. The van der Waals surface area contributed by atoms with Crippen LogP contribution in [0.3, 0.4) is 0 Å². The van der Waals surface area contributed by atoms with E-state index in [4.69, 9.17) is 0 Å². The van der Waals surface area contributed by atoms with Gasteiger partial charge in [0.15, 0.2) is 0 Å². The normalized spacial score (nSPS) is 13.5. The van der Waals surface area contributed by atoms with Crippen LogP contribution in [0.25, 0.3) is 15.9 Å². The Balaban J connectivity index is 1.44. The molecule has 1 N–H and O–H groups in total. The first-order chi connectivity index (χ1) is 15.2. The molecule has 0 amide bonds. The predicted molar refractivity (Wildman–Crippen MR) is 127 cm³/mol. The Morgan fingerprint density at radius 2 is 2.00 bits per heavy atom. The summed E-state index contributed by atoms with van der Waals surface area (Å²) in [5.74, 6) is 0.710. The summed E-state index contributed by atoms with van der Waals surface area (Å²) in [6, 6.07) is 16.6. The number of nitrogens with zero attached hydrogens (tertiary/aromatic N) is 4. The van der Waals surface area contributed by atoms with Crippen LogP contribution in [-0.4, -0.2) is 15.8 Å². The van der Waals surface area contributed by atoms with E-state index in [-0.39, 0.29) is 0 Å². The van der Waals surface area contributed by atoms with E-state index in [1.165, 1.54) is 23.3 Å². The highest BCUT2D eigenvalue weighted by atomic mass is 32.1. The molecule has 0 aliphatic heterocycles. The Hall–Kier alpha value is -3.43. The Morgan fingerprint density at radius 3 is 2.87 bits per heavy atom. The van der Waals surface area contributed by atoms with Crippen LogP contribution in [0.2, 0.25) is 0 Å². The first kappa shape index (κ1) is 19.5. The molecule has 5 rings (SSSR count). The van der Waals surface area contributed by atoms with Crippen molar-refractivity contribution in [2.45, 2.75) is 39.5 Å². The molecule has 0 atom stereocenters. The molecular formula is C25H23N5S. The summed E-state index contributed by atoms with van der Waals surface area (Å²) < 4.78 is 2.21. The van der Waals surface area contributed by atoms with Crippen molar-refractivity contribution >= 4 is 34.3 Å². The molecule has 0 saturated carbocycles. The molecule has 0 radical (unpaired) electrons. The summed E-state index contributed by atoms with van der Waals surface area (Å²) >= 11 is 1.77. The topological polar surface area (TPSA) is 66.0 Å². The number of nitrogens with one attached hydrogen (secondary N) is 1. The number of benzene rings is 1. The van der Waals surface area contributed by atoms with E-state index in [9.17, 15) is 5.26 Å². The van der Waals surface area contributed by atoms with Gasteiger partial charge in [0.05, 0.1) is 17.3 Å². The minimum Gasteiger partial charge on any atom is -0.308 e. The van der Waals surface area contributed by atoms with Crippen molar-refractivity contribution < 1.29 is 0 Å². The number of aryl methyl sites for hydroxylation is 2. The van der Waals surface area contributed by atoms with Crippen LogP contribution in [0, 0.1) is 25.2 Å². The molecule has 31 heavy (non-hydrogen) atoms. The molecular weight excluding hydrogens is 402 g/mol. The fraction of sp³-hybridized carbons (Fsp3) is 0.240. The Morgan fingerprint density at radius 1 is 1.16 bits per heavy atom. The molecule has 5 nitrogen and oxygen atoms in total. The van der Waals surface area contributed by atoms with Crippen molar-refractivity contribution in [2.75, 3.05) is 5.43 Å². The predicted octanol–water partition coefficient (Wildman–Crippen LogP) is 5.90. The molecule has 154 valence electrons. The minimum absolute atomic E-state index is 0.710. The van der Waals surface area contributed by atoms with E-state index in [2.05, 4.69) is 46.1 Å². The van der Waals surface area contributed by atoms with E-state index >= 15 is 0 Å². The van der Waals surface area contributed by atoms with Gasteiger partial charge in [0, 0.05) is 27.2 Å². The Labute approximate surface area is 185 Å². The summed E-state index contributed by atoms with van der Waals surface area (Å²) in [5.41, 5.74) is 9.32. The molecule has 0 bridgehead atoms. The quantitative estimate of drug-likeness (QED) is 0.327. The van der Waals surface area contributed by atoms with Crippen molar-refractivity contribution in [1.29, 1.82) is 5.26 Å². The summed E-state index contributed by atoms with van der Waals surface area (Å²) in [4.78, 5) is 5.97. The van der Waals surface area contributed by atoms with E-state index in [0.717, 1.165) is 51.3 Å². The highest BCUT2D eigenvalue weighted by molar-refractivity contribution is 7.15. The third-order valence-corrected chi connectivity index (χ3v) is 7.20. The standard InChI is InChI=1S/C25H23N5S/c1-16-13-19(15-27-29-24-12-11-18-7-3-5-9-22(18)28-24)17(2)30(16)25-21(14-26)20-8-4-6-10-23(20)31-25/h3,5,7,9,11-13,15H,4,6,8,10H2,1-2H3,(H,28,29)/b27-15+.